The normalized spacial score (nSPS) is 11.1. The Balaban J connectivity index is 1.48. The van der Waals surface area contributed by atoms with E-state index in [0.717, 1.165) is 22.1 Å². The minimum atomic E-state index is -0.293. The van der Waals surface area contributed by atoms with Gasteiger partial charge in [0.25, 0.3) is 5.91 Å². The molecule has 0 saturated carbocycles. The van der Waals surface area contributed by atoms with Crippen LogP contribution < -0.4 is 5.32 Å². The monoisotopic (exact) mass is 474 g/mol. The van der Waals surface area contributed by atoms with Crippen LogP contribution >= 0.6 is 11.8 Å². The Bertz CT molecular complexity index is 1240. The molecule has 0 aliphatic heterocycles. The van der Waals surface area contributed by atoms with Gasteiger partial charge in [-0.1, -0.05) is 86.3 Å². The predicted octanol–water partition coefficient (Wildman–Crippen LogP) is 5.81. The highest BCUT2D eigenvalue weighted by molar-refractivity contribution is 7.98. The molecule has 1 amide bonds. The van der Waals surface area contributed by atoms with Crippen LogP contribution in [-0.2, 0) is 18.8 Å². The lowest BCUT2D eigenvalue weighted by atomic mass is 10.1. The number of hydrogen-bond donors (Lipinski definition) is 1. The van der Waals surface area contributed by atoms with Gasteiger partial charge in [-0.05, 0) is 34.9 Å². The summed E-state index contributed by atoms with van der Waals surface area (Å²) in [5, 5.41) is 12.6. The number of benzene rings is 3. The molecule has 0 aliphatic rings. The summed E-state index contributed by atoms with van der Waals surface area (Å²) in [5.41, 5.74) is 3.57. The van der Waals surface area contributed by atoms with E-state index in [1.807, 2.05) is 42.5 Å². The summed E-state index contributed by atoms with van der Waals surface area (Å²) < 4.78 is 15.3. The van der Waals surface area contributed by atoms with Crippen molar-refractivity contribution < 1.29 is 9.18 Å². The SMILES string of the molecule is CC(C)c1nnc(SCc2ccccc2C(=O)NCc2ccc(F)cc2)n1Cc1ccccc1. The van der Waals surface area contributed by atoms with Crippen molar-refractivity contribution >= 4 is 17.7 Å². The van der Waals surface area contributed by atoms with Crippen LogP contribution in [0.3, 0.4) is 0 Å². The summed E-state index contributed by atoms with van der Waals surface area (Å²) in [6, 6.07) is 24.0. The van der Waals surface area contributed by atoms with Gasteiger partial charge < -0.3 is 9.88 Å². The number of thioether (sulfide) groups is 1. The van der Waals surface area contributed by atoms with Gasteiger partial charge >= 0.3 is 0 Å². The van der Waals surface area contributed by atoms with E-state index < -0.39 is 0 Å². The van der Waals surface area contributed by atoms with E-state index in [0.29, 0.717) is 24.4 Å². The molecule has 1 heterocycles. The fraction of sp³-hybridized carbons (Fsp3) is 0.222. The molecule has 0 unspecified atom stereocenters. The van der Waals surface area contributed by atoms with Crippen LogP contribution in [0.4, 0.5) is 4.39 Å². The standard InChI is InChI=1S/C27H27FN4OS/c1-19(2)25-30-31-27(32(25)17-21-8-4-3-5-9-21)34-18-22-10-6-7-11-24(22)26(33)29-16-20-12-14-23(28)15-13-20/h3-15,19H,16-18H2,1-2H3,(H,29,33). The van der Waals surface area contributed by atoms with Crippen LogP contribution in [0.25, 0.3) is 0 Å². The molecule has 174 valence electrons. The minimum absolute atomic E-state index is 0.158. The molecule has 34 heavy (non-hydrogen) atoms. The molecule has 0 saturated heterocycles. The first-order valence-corrected chi connectivity index (χ1v) is 12.2. The Kier molecular flexibility index (Phi) is 7.75. The second-order valence-electron chi connectivity index (χ2n) is 8.32. The van der Waals surface area contributed by atoms with Crippen LogP contribution in [0, 0.1) is 5.82 Å². The van der Waals surface area contributed by atoms with E-state index in [1.54, 1.807) is 23.9 Å². The molecule has 1 N–H and O–H groups in total. The maximum atomic E-state index is 13.1. The third kappa shape index (κ3) is 5.91. The molecule has 7 heteroatoms. The molecule has 5 nitrogen and oxygen atoms in total. The van der Waals surface area contributed by atoms with Gasteiger partial charge in [0.15, 0.2) is 5.16 Å². The summed E-state index contributed by atoms with van der Waals surface area (Å²) in [6.45, 7) is 5.26. The van der Waals surface area contributed by atoms with Crippen molar-refractivity contribution in [1.82, 2.24) is 20.1 Å². The number of carbonyl (C=O) groups is 1. The molecule has 1 aromatic heterocycles. The number of nitrogens with zero attached hydrogens (tertiary/aromatic N) is 3. The van der Waals surface area contributed by atoms with E-state index in [2.05, 4.69) is 46.1 Å². The summed E-state index contributed by atoms with van der Waals surface area (Å²) >= 11 is 1.57. The molecule has 4 rings (SSSR count). The summed E-state index contributed by atoms with van der Waals surface area (Å²) in [4.78, 5) is 12.9. The maximum Gasteiger partial charge on any atom is 0.251 e. The van der Waals surface area contributed by atoms with Crippen molar-refractivity contribution in [3.63, 3.8) is 0 Å². The first-order chi connectivity index (χ1) is 16.5. The van der Waals surface area contributed by atoms with Gasteiger partial charge in [0.2, 0.25) is 0 Å². The number of rotatable bonds is 9. The topological polar surface area (TPSA) is 59.8 Å². The van der Waals surface area contributed by atoms with Gasteiger partial charge in [0, 0.05) is 23.8 Å². The van der Waals surface area contributed by atoms with Crippen molar-refractivity contribution in [2.45, 2.75) is 43.8 Å². The largest absolute Gasteiger partial charge is 0.348 e. The van der Waals surface area contributed by atoms with Crippen molar-refractivity contribution in [3.05, 3.63) is 113 Å². The van der Waals surface area contributed by atoms with E-state index in [1.165, 1.54) is 17.7 Å². The average molecular weight is 475 g/mol. The molecule has 0 bridgehead atoms. The molecular weight excluding hydrogens is 447 g/mol. The quantitative estimate of drug-likeness (QED) is 0.311. The molecule has 4 aromatic rings. The molecule has 0 atom stereocenters. The highest BCUT2D eigenvalue weighted by atomic mass is 32.2. The Morgan fingerprint density at radius 2 is 1.65 bits per heavy atom. The van der Waals surface area contributed by atoms with Gasteiger partial charge in [-0.15, -0.1) is 10.2 Å². The highest BCUT2D eigenvalue weighted by Gasteiger charge is 2.17. The molecule has 0 fully saturated rings. The molecular formula is C27H27FN4OS. The Labute approximate surface area is 203 Å². The third-order valence-electron chi connectivity index (χ3n) is 5.43. The lowest BCUT2D eigenvalue weighted by Gasteiger charge is -2.13. The van der Waals surface area contributed by atoms with Crippen molar-refractivity contribution in [1.29, 1.82) is 0 Å². The molecule has 0 aliphatic carbocycles. The van der Waals surface area contributed by atoms with Crippen LogP contribution in [0.5, 0.6) is 0 Å². The number of nitrogens with one attached hydrogen (secondary N) is 1. The lowest BCUT2D eigenvalue weighted by Crippen LogP contribution is -2.23. The fourth-order valence-corrected chi connectivity index (χ4v) is 4.59. The number of hydrogen-bond acceptors (Lipinski definition) is 4. The predicted molar refractivity (Wildman–Crippen MR) is 133 cm³/mol. The fourth-order valence-electron chi connectivity index (χ4n) is 3.64. The molecule has 0 spiro atoms. The van der Waals surface area contributed by atoms with Gasteiger partial charge in [-0.25, -0.2) is 4.39 Å². The first-order valence-electron chi connectivity index (χ1n) is 11.2. The van der Waals surface area contributed by atoms with Crippen molar-refractivity contribution in [2.75, 3.05) is 0 Å². The van der Waals surface area contributed by atoms with Crippen LogP contribution in [0.2, 0.25) is 0 Å². The van der Waals surface area contributed by atoms with Crippen LogP contribution in [0.15, 0.2) is 84.0 Å². The Morgan fingerprint density at radius 3 is 2.38 bits per heavy atom. The minimum Gasteiger partial charge on any atom is -0.348 e. The summed E-state index contributed by atoms with van der Waals surface area (Å²) in [7, 11) is 0. The van der Waals surface area contributed by atoms with Crippen LogP contribution in [0.1, 0.15) is 52.6 Å². The van der Waals surface area contributed by atoms with Gasteiger partial charge in [0.1, 0.15) is 11.6 Å². The zero-order valence-corrected chi connectivity index (χ0v) is 20.1. The van der Waals surface area contributed by atoms with Gasteiger partial charge in [-0.3, -0.25) is 4.79 Å². The third-order valence-corrected chi connectivity index (χ3v) is 6.45. The number of amides is 1. The zero-order chi connectivity index (χ0) is 23.9. The molecule has 3 aromatic carbocycles. The van der Waals surface area contributed by atoms with E-state index in [9.17, 15) is 9.18 Å². The lowest BCUT2D eigenvalue weighted by molar-refractivity contribution is 0.0950. The van der Waals surface area contributed by atoms with Gasteiger partial charge in [0.05, 0.1) is 6.54 Å². The van der Waals surface area contributed by atoms with Crippen molar-refractivity contribution in [3.8, 4) is 0 Å². The van der Waals surface area contributed by atoms with Crippen molar-refractivity contribution in [2.24, 2.45) is 0 Å². The summed E-state index contributed by atoms with van der Waals surface area (Å²) in [6.07, 6.45) is 0. The Morgan fingerprint density at radius 1 is 0.941 bits per heavy atom. The van der Waals surface area contributed by atoms with E-state index >= 15 is 0 Å². The average Bonchev–Trinajstić information content (AvgIpc) is 3.25. The van der Waals surface area contributed by atoms with E-state index in [4.69, 9.17) is 0 Å². The second kappa shape index (κ2) is 11.1. The van der Waals surface area contributed by atoms with Crippen LogP contribution in [-0.4, -0.2) is 20.7 Å². The zero-order valence-electron chi connectivity index (χ0n) is 19.2. The molecule has 0 radical (unpaired) electrons. The smallest absolute Gasteiger partial charge is 0.251 e. The second-order valence-corrected chi connectivity index (χ2v) is 9.26. The number of halogens is 1. The number of carbonyl (C=O) groups excluding carboxylic acids is 1. The summed E-state index contributed by atoms with van der Waals surface area (Å²) in [5.74, 6) is 1.32. The first kappa shape index (κ1) is 23.7. The van der Waals surface area contributed by atoms with E-state index in [-0.39, 0.29) is 17.6 Å². The Hall–Kier alpha value is -3.45. The highest BCUT2D eigenvalue weighted by Crippen LogP contribution is 2.27. The number of aromatic nitrogens is 3. The van der Waals surface area contributed by atoms with Gasteiger partial charge in [-0.2, -0.15) is 0 Å². The maximum absolute atomic E-state index is 13.1.